The fourth-order valence-corrected chi connectivity index (χ4v) is 4.32. The van der Waals surface area contributed by atoms with Crippen LogP contribution in [0.5, 0.6) is 0 Å². The van der Waals surface area contributed by atoms with Crippen LogP contribution < -0.4 is 0 Å². The minimum atomic E-state index is -0.220. The summed E-state index contributed by atoms with van der Waals surface area (Å²) in [5.74, 6) is 2.05. The lowest BCUT2D eigenvalue weighted by atomic mass is 10.1. The molecule has 1 unspecified atom stereocenters. The smallest absolute Gasteiger partial charge is 0.225 e. The highest BCUT2D eigenvalue weighted by molar-refractivity contribution is 6.30. The summed E-state index contributed by atoms with van der Waals surface area (Å²) >= 11 is 6.01. The van der Waals surface area contributed by atoms with Crippen molar-refractivity contribution in [3.63, 3.8) is 0 Å². The number of halogens is 2. The zero-order chi connectivity index (χ0) is 19.8. The third kappa shape index (κ3) is 3.78. The molecule has 0 saturated carbocycles. The van der Waals surface area contributed by atoms with Gasteiger partial charge in [0.25, 0.3) is 0 Å². The molecule has 2 aromatic rings. The van der Waals surface area contributed by atoms with Crippen molar-refractivity contribution in [3.8, 4) is 0 Å². The zero-order valence-corrected chi connectivity index (χ0v) is 17.0. The van der Waals surface area contributed by atoms with E-state index in [9.17, 15) is 9.18 Å². The van der Waals surface area contributed by atoms with Crippen LogP contribution in [0.3, 0.4) is 0 Å². The fourth-order valence-electron chi connectivity index (χ4n) is 4.13. The van der Waals surface area contributed by atoms with Crippen molar-refractivity contribution in [2.24, 2.45) is 5.92 Å². The summed E-state index contributed by atoms with van der Waals surface area (Å²) in [7, 11) is 0. The van der Waals surface area contributed by atoms with E-state index in [2.05, 4.69) is 19.7 Å². The number of rotatable bonds is 4. The number of hydrogen-bond acceptors (Lipinski definition) is 4. The minimum absolute atomic E-state index is 0.00998. The fraction of sp³-hybridized carbons (Fsp3) is 0.550. The monoisotopic (exact) mass is 405 g/mol. The van der Waals surface area contributed by atoms with Gasteiger partial charge in [-0.3, -0.25) is 9.69 Å². The number of likely N-dealkylation sites (tertiary alicyclic amines) is 1. The quantitative estimate of drug-likeness (QED) is 0.784. The number of carbonyl (C=O) groups excluding carboxylic acids is 1. The molecule has 1 aromatic heterocycles. The van der Waals surface area contributed by atoms with Crippen LogP contribution in [0.2, 0.25) is 5.02 Å². The summed E-state index contributed by atoms with van der Waals surface area (Å²) in [5, 5.41) is 9.35. The molecule has 1 amide bonds. The molecular weight excluding hydrogens is 381 g/mol. The van der Waals surface area contributed by atoms with E-state index in [1.807, 2.05) is 18.7 Å². The molecule has 1 saturated heterocycles. The summed E-state index contributed by atoms with van der Waals surface area (Å²) < 4.78 is 16.2. The first-order valence-electron chi connectivity index (χ1n) is 9.79. The maximum absolute atomic E-state index is 14.0. The van der Waals surface area contributed by atoms with Crippen molar-refractivity contribution >= 4 is 17.5 Å². The van der Waals surface area contributed by atoms with Crippen molar-refractivity contribution in [2.75, 3.05) is 19.6 Å². The Bertz CT molecular complexity index is 883. The van der Waals surface area contributed by atoms with Crippen LogP contribution in [0.1, 0.15) is 43.4 Å². The van der Waals surface area contributed by atoms with Crippen molar-refractivity contribution < 1.29 is 9.18 Å². The standard InChI is InChI=1S/C20H25ClFN5O/c1-13(2)20(28)26-7-8-27-18(12-26)23-24-19(27)14-5-6-25(10-14)11-15-9-16(21)3-4-17(15)22/h3-4,9,13-14H,5-8,10-12H2,1-2H3. The predicted octanol–water partition coefficient (Wildman–Crippen LogP) is 3.06. The van der Waals surface area contributed by atoms with Gasteiger partial charge in [-0.1, -0.05) is 25.4 Å². The molecule has 1 aromatic carbocycles. The maximum atomic E-state index is 14.0. The highest BCUT2D eigenvalue weighted by Crippen LogP contribution is 2.29. The lowest BCUT2D eigenvalue weighted by Crippen LogP contribution is -2.41. The highest BCUT2D eigenvalue weighted by atomic mass is 35.5. The molecule has 6 nitrogen and oxygen atoms in total. The molecule has 28 heavy (non-hydrogen) atoms. The molecule has 0 spiro atoms. The summed E-state index contributed by atoms with van der Waals surface area (Å²) in [6.45, 7) is 8.03. The lowest BCUT2D eigenvalue weighted by molar-refractivity contribution is -0.136. The van der Waals surface area contributed by atoms with E-state index in [1.165, 1.54) is 6.07 Å². The Morgan fingerprint density at radius 2 is 2.11 bits per heavy atom. The van der Waals surface area contributed by atoms with Crippen LogP contribution in [0.25, 0.3) is 0 Å². The second kappa shape index (κ2) is 7.79. The maximum Gasteiger partial charge on any atom is 0.225 e. The van der Waals surface area contributed by atoms with Crippen LogP contribution in [-0.2, 0) is 24.4 Å². The van der Waals surface area contributed by atoms with Crippen LogP contribution in [0.4, 0.5) is 4.39 Å². The second-order valence-corrected chi connectivity index (χ2v) is 8.43. The molecule has 3 heterocycles. The van der Waals surface area contributed by atoms with E-state index < -0.39 is 0 Å². The number of fused-ring (bicyclic) bond motifs is 1. The van der Waals surface area contributed by atoms with Crippen LogP contribution in [-0.4, -0.2) is 50.1 Å². The summed E-state index contributed by atoms with van der Waals surface area (Å²) in [5.41, 5.74) is 0.624. The van der Waals surface area contributed by atoms with Gasteiger partial charge in [-0.15, -0.1) is 10.2 Å². The third-order valence-electron chi connectivity index (χ3n) is 5.63. The summed E-state index contributed by atoms with van der Waals surface area (Å²) in [6, 6.07) is 4.69. The van der Waals surface area contributed by atoms with Crippen molar-refractivity contribution in [1.82, 2.24) is 24.6 Å². The zero-order valence-electron chi connectivity index (χ0n) is 16.2. The Balaban J connectivity index is 1.43. The second-order valence-electron chi connectivity index (χ2n) is 8.00. The Kier molecular flexibility index (Phi) is 5.38. The number of carbonyl (C=O) groups is 1. The average Bonchev–Trinajstić information content (AvgIpc) is 3.30. The van der Waals surface area contributed by atoms with Gasteiger partial charge in [0.05, 0.1) is 6.54 Å². The van der Waals surface area contributed by atoms with E-state index >= 15 is 0 Å². The summed E-state index contributed by atoms with van der Waals surface area (Å²) in [6.07, 6.45) is 0.967. The molecule has 8 heteroatoms. The van der Waals surface area contributed by atoms with E-state index in [0.717, 1.165) is 37.7 Å². The van der Waals surface area contributed by atoms with E-state index in [0.29, 0.717) is 30.2 Å². The summed E-state index contributed by atoms with van der Waals surface area (Å²) in [4.78, 5) is 16.4. The minimum Gasteiger partial charge on any atom is -0.333 e. The van der Waals surface area contributed by atoms with E-state index in [-0.39, 0.29) is 23.6 Å². The first-order valence-corrected chi connectivity index (χ1v) is 10.2. The average molecular weight is 406 g/mol. The van der Waals surface area contributed by atoms with Gasteiger partial charge in [0.1, 0.15) is 11.6 Å². The number of benzene rings is 1. The van der Waals surface area contributed by atoms with Crippen LogP contribution >= 0.6 is 11.6 Å². The van der Waals surface area contributed by atoms with Gasteiger partial charge < -0.3 is 9.47 Å². The molecule has 0 radical (unpaired) electrons. The molecular formula is C20H25ClFN5O. The molecule has 4 rings (SSSR count). The number of nitrogens with zero attached hydrogens (tertiary/aromatic N) is 5. The number of hydrogen-bond donors (Lipinski definition) is 0. The van der Waals surface area contributed by atoms with Gasteiger partial charge in [0.15, 0.2) is 5.82 Å². The van der Waals surface area contributed by atoms with Gasteiger partial charge >= 0.3 is 0 Å². The Hall–Kier alpha value is -1.99. The van der Waals surface area contributed by atoms with Crippen molar-refractivity contribution in [3.05, 3.63) is 46.3 Å². The Morgan fingerprint density at radius 3 is 2.89 bits per heavy atom. The van der Waals surface area contributed by atoms with Gasteiger partial charge in [-0.25, -0.2) is 4.39 Å². The highest BCUT2D eigenvalue weighted by Gasteiger charge is 2.32. The Labute approximate surface area is 169 Å². The van der Waals surface area contributed by atoms with E-state index in [1.54, 1.807) is 12.1 Å². The topological polar surface area (TPSA) is 54.3 Å². The first-order chi connectivity index (χ1) is 13.4. The van der Waals surface area contributed by atoms with Crippen LogP contribution in [0, 0.1) is 11.7 Å². The van der Waals surface area contributed by atoms with Crippen LogP contribution in [0.15, 0.2) is 18.2 Å². The van der Waals surface area contributed by atoms with E-state index in [4.69, 9.17) is 11.6 Å². The third-order valence-corrected chi connectivity index (χ3v) is 5.86. The van der Waals surface area contributed by atoms with Gasteiger partial charge in [-0.2, -0.15) is 0 Å². The van der Waals surface area contributed by atoms with Gasteiger partial charge in [-0.05, 0) is 31.2 Å². The SMILES string of the molecule is CC(C)C(=O)N1CCn2c(nnc2C2CCN(Cc3cc(Cl)ccc3F)C2)C1. The molecule has 150 valence electrons. The van der Waals surface area contributed by atoms with Gasteiger partial charge in [0, 0.05) is 48.6 Å². The molecule has 2 aliphatic heterocycles. The van der Waals surface area contributed by atoms with Crippen molar-refractivity contribution in [1.29, 1.82) is 0 Å². The molecule has 2 aliphatic rings. The first kappa shape index (κ1) is 19.3. The molecule has 0 N–H and O–H groups in total. The predicted molar refractivity (Wildman–Crippen MR) is 104 cm³/mol. The molecule has 0 bridgehead atoms. The Morgan fingerprint density at radius 1 is 1.29 bits per heavy atom. The normalized spacial score (nSPS) is 20.0. The number of aromatic nitrogens is 3. The number of amides is 1. The van der Waals surface area contributed by atoms with Crippen molar-refractivity contribution in [2.45, 2.75) is 45.8 Å². The molecule has 0 aliphatic carbocycles. The molecule has 1 fully saturated rings. The largest absolute Gasteiger partial charge is 0.333 e. The van der Waals surface area contributed by atoms with Gasteiger partial charge in [0.2, 0.25) is 5.91 Å². The lowest BCUT2D eigenvalue weighted by Gasteiger charge is -2.29. The molecule has 1 atom stereocenters.